The number of para-hydroxylation sites is 1. The maximum atomic E-state index is 12.4. The van der Waals surface area contributed by atoms with Gasteiger partial charge in [-0.25, -0.2) is 4.68 Å². The molecule has 3 rings (SSSR count). The third-order valence-electron chi connectivity index (χ3n) is 3.83. The lowest BCUT2D eigenvalue weighted by Gasteiger charge is -2.09. The van der Waals surface area contributed by atoms with Crippen LogP contribution < -0.4 is 0 Å². The first-order valence-corrected chi connectivity index (χ1v) is 7.83. The van der Waals surface area contributed by atoms with Crippen LogP contribution in [-0.2, 0) is 6.42 Å². The number of aryl methyl sites for hydroxylation is 2. The topological polar surface area (TPSA) is 34.9 Å². The fraction of sp³-hybridized carbons (Fsp3) is 0.158. The van der Waals surface area contributed by atoms with Crippen LogP contribution in [0.15, 0.2) is 54.7 Å². The SMILES string of the molecule is Cc1cccc(C)c1-n1ccc(CC(=O)c2ccccc2Cl)n1. The van der Waals surface area contributed by atoms with E-state index in [4.69, 9.17) is 11.6 Å². The van der Waals surface area contributed by atoms with Crippen LogP contribution in [0.4, 0.5) is 0 Å². The molecule has 0 N–H and O–H groups in total. The molecule has 0 saturated carbocycles. The first-order valence-electron chi connectivity index (χ1n) is 7.45. The Morgan fingerprint density at radius 2 is 1.74 bits per heavy atom. The van der Waals surface area contributed by atoms with E-state index in [-0.39, 0.29) is 12.2 Å². The Kier molecular flexibility index (Phi) is 4.30. The Bertz CT molecular complexity index is 847. The average Bonchev–Trinajstić information content (AvgIpc) is 2.95. The predicted molar refractivity (Wildman–Crippen MR) is 92.5 cm³/mol. The number of rotatable bonds is 4. The fourth-order valence-corrected chi connectivity index (χ4v) is 2.94. The summed E-state index contributed by atoms with van der Waals surface area (Å²) in [5, 5.41) is 5.03. The van der Waals surface area contributed by atoms with E-state index in [0.29, 0.717) is 10.6 Å². The van der Waals surface area contributed by atoms with Crippen LogP contribution in [0.3, 0.4) is 0 Å². The van der Waals surface area contributed by atoms with E-state index >= 15 is 0 Å². The van der Waals surface area contributed by atoms with Gasteiger partial charge in [0, 0.05) is 11.8 Å². The standard InChI is InChI=1S/C19H17ClN2O/c1-13-6-5-7-14(2)19(13)22-11-10-15(21-22)12-18(23)16-8-3-4-9-17(16)20/h3-11H,12H2,1-2H3. The van der Waals surface area contributed by atoms with Crippen LogP contribution in [0.25, 0.3) is 5.69 Å². The van der Waals surface area contributed by atoms with Gasteiger partial charge in [-0.05, 0) is 43.2 Å². The van der Waals surface area contributed by atoms with Gasteiger partial charge in [0.15, 0.2) is 5.78 Å². The zero-order valence-corrected chi connectivity index (χ0v) is 13.8. The minimum atomic E-state index is -0.0256. The quantitative estimate of drug-likeness (QED) is 0.659. The highest BCUT2D eigenvalue weighted by Crippen LogP contribution is 2.20. The van der Waals surface area contributed by atoms with Crippen LogP contribution in [0.5, 0.6) is 0 Å². The van der Waals surface area contributed by atoms with Crippen molar-refractivity contribution in [2.45, 2.75) is 20.3 Å². The molecular formula is C19H17ClN2O. The van der Waals surface area contributed by atoms with E-state index in [2.05, 4.69) is 31.1 Å². The number of benzene rings is 2. The van der Waals surface area contributed by atoms with Crippen LogP contribution >= 0.6 is 11.6 Å². The number of carbonyl (C=O) groups excluding carboxylic acids is 1. The molecule has 23 heavy (non-hydrogen) atoms. The molecule has 0 bridgehead atoms. The summed E-state index contributed by atoms with van der Waals surface area (Å²) in [5.74, 6) is -0.0256. The Morgan fingerprint density at radius 1 is 1.04 bits per heavy atom. The average molecular weight is 325 g/mol. The van der Waals surface area contributed by atoms with E-state index in [1.54, 1.807) is 12.1 Å². The van der Waals surface area contributed by atoms with E-state index in [0.717, 1.165) is 22.5 Å². The Hall–Kier alpha value is -2.39. The molecule has 0 atom stereocenters. The molecular weight excluding hydrogens is 308 g/mol. The summed E-state index contributed by atoms with van der Waals surface area (Å²) in [5.41, 5.74) is 4.63. The Morgan fingerprint density at radius 3 is 2.43 bits per heavy atom. The zero-order valence-electron chi connectivity index (χ0n) is 13.1. The van der Waals surface area contributed by atoms with Crippen molar-refractivity contribution in [3.8, 4) is 5.69 Å². The molecule has 0 radical (unpaired) electrons. The highest BCUT2D eigenvalue weighted by atomic mass is 35.5. The van der Waals surface area contributed by atoms with Crippen molar-refractivity contribution < 1.29 is 4.79 Å². The first-order chi connectivity index (χ1) is 11.1. The molecule has 0 unspecified atom stereocenters. The van der Waals surface area contributed by atoms with Gasteiger partial charge in [-0.15, -0.1) is 0 Å². The van der Waals surface area contributed by atoms with Gasteiger partial charge in [-0.2, -0.15) is 5.10 Å². The van der Waals surface area contributed by atoms with Gasteiger partial charge < -0.3 is 0 Å². The van der Waals surface area contributed by atoms with E-state index in [9.17, 15) is 4.79 Å². The van der Waals surface area contributed by atoms with Gasteiger partial charge in [-0.3, -0.25) is 4.79 Å². The van der Waals surface area contributed by atoms with Gasteiger partial charge in [0.2, 0.25) is 0 Å². The van der Waals surface area contributed by atoms with Crippen molar-refractivity contribution >= 4 is 17.4 Å². The second kappa shape index (κ2) is 6.39. The van der Waals surface area contributed by atoms with Crippen molar-refractivity contribution in [2.75, 3.05) is 0 Å². The second-order valence-electron chi connectivity index (χ2n) is 5.57. The monoisotopic (exact) mass is 324 g/mol. The summed E-state index contributed by atoms with van der Waals surface area (Å²) in [6, 6.07) is 15.1. The van der Waals surface area contributed by atoms with Gasteiger partial charge in [0.05, 0.1) is 22.8 Å². The maximum absolute atomic E-state index is 12.4. The van der Waals surface area contributed by atoms with E-state index < -0.39 is 0 Å². The molecule has 0 fully saturated rings. The fourth-order valence-electron chi connectivity index (χ4n) is 2.69. The summed E-state index contributed by atoms with van der Waals surface area (Å²) in [4.78, 5) is 12.4. The minimum absolute atomic E-state index is 0.0256. The summed E-state index contributed by atoms with van der Waals surface area (Å²) < 4.78 is 1.83. The molecule has 3 aromatic rings. The summed E-state index contributed by atoms with van der Waals surface area (Å²) in [6.45, 7) is 4.11. The van der Waals surface area contributed by atoms with E-state index in [1.807, 2.05) is 35.1 Å². The van der Waals surface area contributed by atoms with Crippen molar-refractivity contribution in [1.82, 2.24) is 9.78 Å². The lowest BCUT2D eigenvalue weighted by atomic mass is 10.1. The largest absolute Gasteiger partial charge is 0.294 e. The summed E-state index contributed by atoms with van der Waals surface area (Å²) in [6.07, 6.45) is 2.13. The first kappa shape index (κ1) is 15.5. The van der Waals surface area contributed by atoms with Gasteiger partial charge >= 0.3 is 0 Å². The van der Waals surface area contributed by atoms with Crippen LogP contribution in [0.2, 0.25) is 5.02 Å². The third-order valence-corrected chi connectivity index (χ3v) is 4.16. The smallest absolute Gasteiger partial charge is 0.170 e. The number of hydrogen-bond acceptors (Lipinski definition) is 2. The number of nitrogens with zero attached hydrogens (tertiary/aromatic N) is 2. The predicted octanol–water partition coefficient (Wildman–Crippen LogP) is 4.57. The molecule has 116 valence electrons. The molecule has 0 aliphatic heterocycles. The van der Waals surface area contributed by atoms with Crippen LogP contribution in [-0.4, -0.2) is 15.6 Å². The molecule has 4 heteroatoms. The van der Waals surface area contributed by atoms with Gasteiger partial charge in [0.1, 0.15) is 0 Å². The lowest BCUT2D eigenvalue weighted by Crippen LogP contribution is -2.06. The maximum Gasteiger partial charge on any atom is 0.170 e. The minimum Gasteiger partial charge on any atom is -0.294 e. The van der Waals surface area contributed by atoms with Crippen LogP contribution in [0, 0.1) is 13.8 Å². The highest BCUT2D eigenvalue weighted by Gasteiger charge is 2.13. The number of ketones is 1. The zero-order chi connectivity index (χ0) is 16.4. The van der Waals surface area contributed by atoms with Gasteiger partial charge in [0.25, 0.3) is 0 Å². The normalized spacial score (nSPS) is 10.7. The van der Waals surface area contributed by atoms with Crippen molar-refractivity contribution in [3.63, 3.8) is 0 Å². The van der Waals surface area contributed by atoms with Crippen LogP contribution in [0.1, 0.15) is 27.2 Å². The van der Waals surface area contributed by atoms with E-state index in [1.165, 1.54) is 0 Å². The molecule has 3 nitrogen and oxygen atoms in total. The molecule has 0 saturated heterocycles. The summed E-state index contributed by atoms with van der Waals surface area (Å²) in [7, 11) is 0. The lowest BCUT2D eigenvalue weighted by molar-refractivity contribution is 0.0992. The molecule has 1 aromatic heterocycles. The molecule has 0 aliphatic rings. The Labute approximate surface area is 140 Å². The molecule has 0 amide bonds. The number of hydrogen-bond donors (Lipinski definition) is 0. The number of halogens is 1. The van der Waals surface area contributed by atoms with Crippen molar-refractivity contribution in [3.05, 3.63) is 82.1 Å². The van der Waals surface area contributed by atoms with Crippen molar-refractivity contribution in [2.24, 2.45) is 0 Å². The number of aromatic nitrogens is 2. The Balaban J connectivity index is 1.86. The number of carbonyl (C=O) groups is 1. The highest BCUT2D eigenvalue weighted by molar-refractivity contribution is 6.34. The number of Topliss-reactive ketones (excluding diaryl/α,β-unsaturated/α-hetero) is 1. The molecule has 1 heterocycles. The van der Waals surface area contributed by atoms with Gasteiger partial charge in [-0.1, -0.05) is 41.9 Å². The molecule has 0 aliphatic carbocycles. The second-order valence-corrected chi connectivity index (χ2v) is 5.98. The molecule has 2 aromatic carbocycles. The summed E-state index contributed by atoms with van der Waals surface area (Å²) >= 11 is 6.08. The third kappa shape index (κ3) is 3.20. The molecule has 0 spiro atoms. The van der Waals surface area contributed by atoms with Crippen molar-refractivity contribution in [1.29, 1.82) is 0 Å².